The van der Waals surface area contributed by atoms with Crippen LogP contribution in [0.15, 0.2) is 77.8 Å². The molecule has 0 unspecified atom stereocenters. The van der Waals surface area contributed by atoms with Crippen LogP contribution in [0.4, 0.5) is 0 Å². The summed E-state index contributed by atoms with van der Waals surface area (Å²) in [5.41, 5.74) is 1.54. The molecule has 0 radical (unpaired) electrons. The van der Waals surface area contributed by atoms with Crippen LogP contribution < -0.4 is 15.4 Å². The first-order valence-corrected chi connectivity index (χ1v) is 10.2. The van der Waals surface area contributed by atoms with Crippen molar-refractivity contribution in [2.45, 2.75) is 13.5 Å². The van der Waals surface area contributed by atoms with Gasteiger partial charge in [-0.25, -0.2) is 0 Å². The minimum atomic E-state index is -0.367. The highest BCUT2D eigenvalue weighted by atomic mass is 32.1. The highest BCUT2D eigenvalue weighted by Gasteiger charge is 2.15. The van der Waals surface area contributed by atoms with Gasteiger partial charge in [-0.1, -0.05) is 42.5 Å². The number of nitrogens with one attached hydrogen (secondary N) is 2. The Morgan fingerprint density at radius 2 is 1.76 bits per heavy atom. The molecular formula is C23H22N2O3S. The number of carbonyl (C=O) groups is 2. The van der Waals surface area contributed by atoms with E-state index in [4.69, 9.17) is 4.74 Å². The number of hydrogen-bond donors (Lipinski definition) is 2. The SMILES string of the molecule is CCOc1ccccc1CNC(=O)/C(=C/c1cccs1)NC(=O)c1ccccc1. The minimum Gasteiger partial charge on any atom is -0.494 e. The molecule has 29 heavy (non-hydrogen) atoms. The third-order valence-electron chi connectivity index (χ3n) is 4.07. The van der Waals surface area contributed by atoms with Crippen LogP contribution in [0.1, 0.15) is 27.7 Å². The highest BCUT2D eigenvalue weighted by molar-refractivity contribution is 7.10. The van der Waals surface area contributed by atoms with E-state index < -0.39 is 0 Å². The van der Waals surface area contributed by atoms with Crippen LogP contribution in [0.2, 0.25) is 0 Å². The Morgan fingerprint density at radius 1 is 1.00 bits per heavy atom. The molecule has 2 amide bonds. The van der Waals surface area contributed by atoms with Gasteiger partial charge in [0.2, 0.25) is 0 Å². The smallest absolute Gasteiger partial charge is 0.268 e. The van der Waals surface area contributed by atoms with Crippen molar-refractivity contribution in [2.24, 2.45) is 0 Å². The monoisotopic (exact) mass is 406 g/mol. The summed E-state index contributed by atoms with van der Waals surface area (Å²) >= 11 is 1.49. The maximum Gasteiger partial charge on any atom is 0.268 e. The molecule has 1 aromatic heterocycles. The third-order valence-corrected chi connectivity index (χ3v) is 4.89. The molecule has 6 heteroatoms. The zero-order chi connectivity index (χ0) is 20.5. The van der Waals surface area contributed by atoms with E-state index in [0.29, 0.717) is 12.2 Å². The third kappa shape index (κ3) is 5.80. The van der Waals surface area contributed by atoms with Gasteiger partial charge >= 0.3 is 0 Å². The molecule has 148 valence electrons. The van der Waals surface area contributed by atoms with Gasteiger partial charge in [-0.05, 0) is 42.6 Å². The number of amides is 2. The summed E-state index contributed by atoms with van der Waals surface area (Å²) in [4.78, 5) is 26.3. The quantitative estimate of drug-likeness (QED) is 0.550. The first-order chi connectivity index (χ1) is 14.2. The highest BCUT2D eigenvalue weighted by Crippen LogP contribution is 2.18. The van der Waals surface area contributed by atoms with E-state index in [1.54, 1.807) is 30.3 Å². The summed E-state index contributed by atoms with van der Waals surface area (Å²) in [6.45, 7) is 2.75. The van der Waals surface area contributed by atoms with Gasteiger partial charge in [0.25, 0.3) is 11.8 Å². The van der Waals surface area contributed by atoms with Gasteiger partial charge in [0.05, 0.1) is 6.61 Å². The number of benzene rings is 2. The lowest BCUT2D eigenvalue weighted by atomic mass is 10.2. The van der Waals surface area contributed by atoms with Crippen molar-refractivity contribution in [1.82, 2.24) is 10.6 Å². The topological polar surface area (TPSA) is 67.4 Å². The Morgan fingerprint density at radius 3 is 2.48 bits per heavy atom. The molecule has 0 aliphatic carbocycles. The second-order valence-electron chi connectivity index (χ2n) is 6.12. The second-order valence-corrected chi connectivity index (χ2v) is 7.10. The fourth-order valence-corrected chi connectivity index (χ4v) is 3.33. The molecule has 3 rings (SSSR count). The maximum atomic E-state index is 12.8. The molecule has 0 fully saturated rings. The summed E-state index contributed by atoms with van der Waals surface area (Å²) < 4.78 is 5.60. The number of para-hydroxylation sites is 1. The van der Waals surface area contributed by atoms with Crippen molar-refractivity contribution >= 4 is 29.2 Å². The summed E-state index contributed by atoms with van der Waals surface area (Å²) in [6, 6.07) is 20.1. The zero-order valence-corrected chi connectivity index (χ0v) is 16.9. The van der Waals surface area contributed by atoms with Crippen LogP contribution in [0.3, 0.4) is 0 Å². The van der Waals surface area contributed by atoms with Crippen LogP contribution in [0.25, 0.3) is 6.08 Å². The van der Waals surface area contributed by atoms with E-state index in [9.17, 15) is 9.59 Å². The number of rotatable bonds is 8. The first kappa shape index (κ1) is 20.4. The van der Waals surface area contributed by atoms with Gasteiger partial charge in [-0.15, -0.1) is 11.3 Å². The standard InChI is InChI=1S/C23H22N2O3S/c1-2-28-21-13-7-6-11-18(21)16-24-23(27)20(15-19-12-8-14-29-19)25-22(26)17-9-4-3-5-10-17/h3-15H,2,16H2,1H3,(H,24,27)(H,25,26)/b20-15-. The normalized spacial score (nSPS) is 11.0. The van der Waals surface area contributed by atoms with Crippen LogP contribution >= 0.6 is 11.3 Å². The van der Waals surface area contributed by atoms with Crippen LogP contribution in [0.5, 0.6) is 5.75 Å². The average molecular weight is 407 g/mol. The number of hydrogen-bond acceptors (Lipinski definition) is 4. The van der Waals surface area contributed by atoms with Gasteiger partial charge < -0.3 is 15.4 Å². The predicted molar refractivity (Wildman–Crippen MR) is 116 cm³/mol. The van der Waals surface area contributed by atoms with Crippen molar-refractivity contribution in [3.8, 4) is 5.75 Å². The molecule has 0 spiro atoms. The van der Waals surface area contributed by atoms with Crippen molar-refractivity contribution in [1.29, 1.82) is 0 Å². The van der Waals surface area contributed by atoms with Crippen molar-refractivity contribution in [3.05, 3.63) is 93.8 Å². The molecule has 0 saturated carbocycles. The largest absolute Gasteiger partial charge is 0.494 e. The molecule has 1 heterocycles. The van der Waals surface area contributed by atoms with Gasteiger partial charge in [0.15, 0.2) is 0 Å². The van der Waals surface area contributed by atoms with E-state index in [1.165, 1.54) is 11.3 Å². The summed E-state index contributed by atoms with van der Waals surface area (Å²) in [6.07, 6.45) is 1.68. The lowest BCUT2D eigenvalue weighted by Gasteiger charge is -2.13. The Hall–Kier alpha value is -3.38. The fraction of sp³-hybridized carbons (Fsp3) is 0.130. The zero-order valence-electron chi connectivity index (χ0n) is 16.1. The molecule has 3 aromatic rings. The molecule has 2 aromatic carbocycles. The number of carbonyl (C=O) groups excluding carboxylic acids is 2. The fourth-order valence-electron chi connectivity index (χ4n) is 2.67. The van der Waals surface area contributed by atoms with E-state index in [1.807, 2.05) is 54.8 Å². The summed E-state index contributed by atoms with van der Waals surface area (Å²) in [5.74, 6) is 0.0275. The van der Waals surface area contributed by atoms with Crippen LogP contribution in [-0.2, 0) is 11.3 Å². The summed E-state index contributed by atoms with van der Waals surface area (Å²) in [5, 5.41) is 7.52. The lowest BCUT2D eigenvalue weighted by Crippen LogP contribution is -2.34. The molecule has 0 atom stereocenters. The minimum absolute atomic E-state index is 0.190. The molecular weight excluding hydrogens is 384 g/mol. The molecule has 2 N–H and O–H groups in total. The Balaban J connectivity index is 1.76. The summed E-state index contributed by atoms with van der Waals surface area (Å²) in [7, 11) is 0. The van der Waals surface area contributed by atoms with Gasteiger partial charge in [-0.3, -0.25) is 9.59 Å². The lowest BCUT2D eigenvalue weighted by molar-refractivity contribution is -0.117. The molecule has 0 saturated heterocycles. The van der Waals surface area contributed by atoms with Crippen LogP contribution in [0, 0.1) is 0 Å². The van der Waals surface area contributed by atoms with Crippen LogP contribution in [-0.4, -0.2) is 18.4 Å². The van der Waals surface area contributed by atoms with E-state index >= 15 is 0 Å². The van der Waals surface area contributed by atoms with E-state index in [2.05, 4.69) is 10.6 Å². The Bertz CT molecular complexity index is 982. The second kappa shape index (κ2) is 10.2. The maximum absolute atomic E-state index is 12.8. The Labute approximate surface area is 174 Å². The van der Waals surface area contributed by atoms with Gasteiger partial charge in [0, 0.05) is 22.5 Å². The Kier molecular flexibility index (Phi) is 7.19. The average Bonchev–Trinajstić information content (AvgIpc) is 3.26. The number of ether oxygens (including phenoxy) is 1. The van der Waals surface area contributed by atoms with Crippen molar-refractivity contribution < 1.29 is 14.3 Å². The molecule has 0 aliphatic heterocycles. The van der Waals surface area contributed by atoms with Crippen molar-refractivity contribution in [3.63, 3.8) is 0 Å². The van der Waals surface area contributed by atoms with Gasteiger partial charge in [-0.2, -0.15) is 0 Å². The molecule has 0 aliphatic rings. The van der Waals surface area contributed by atoms with Gasteiger partial charge in [0.1, 0.15) is 11.4 Å². The molecule has 5 nitrogen and oxygen atoms in total. The number of thiophene rings is 1. The predicted octanol–water partition coefficient (Wildman–Crippen LogP) is 4.23. The van der Waals surface area contributed by atoms with E-state index in [-0.39, 0.29) is 24.1 Å². The van der Waals surface area contributed by atoms with Crippen molar-refractivity contribution in [2.75, 3.05) is 6.61 Å². The molecule has 0 bridgehead atoms. The first-order valence-electron chi connectivity index (χ1n) is 9.28. The van der Waals surface area contributed by atoms with E-state index in [0.717, 1.165) is 16.2 Å².